The molecule has 0 unspecified atom stereocenters. The summed E-state index contributed by atoms with van der Waals surface area (Å²) in [6.45, 7) is 5.69. The maximum atomic E-state index is 13.0. The lowest BCUT2D eigenvalue weighted by molar-refractivity contribution is 0.101. The predicted molar refractivity (Wildman–Crippen MR) is 104 cm³/mol. The molecular formula is C21H21FN4O2. The van der Waals surface area contributed by atoms with Crippen LogP contribution in [-0.4, -0.2) is 47.0 Å². The minimum absolute atomic E-state index is 0.0796. The molecule has 28 heavy (non-hydrogen) atoms. The third kappa shape index (κ3) is 4.09. The van der Waals surface area contributed by atoms with E-state index in [0.29, 0.717) is 18.3 Å². The number of carbonyl (C=O) groups excluding carboxylic acids is 1. The van der Waals surface area contributed by atoms with E-state index in [2.05, 4.69) is 19.9 Å². The normalized spacial score (nSPS) is 15.0. The van der Waals surface area contributed by atoms with E-state index in [0.717, 1.165) is 43.0 Å². The van der Waals surface area contributed by atoms with Crippen LogP contribution in [0.2, 0.25) is 0 Å². The second-order valence-electron chi connectivity index (χ2n) is 6.88. The van der Waals surface area contributed by atoms with E-state index in [1.807, 2.05) is 24.3 Å². The first-order valence-corrected chi connectivity index (χ1v) is 9.25. The summed E-state index contributed by atoms with van der Waals surface area (Å²) in [5.74, 6) is 0.815. The second kappa shape index (κ2) is 7.90. The molecule has 2 aromatic carbocycles. The molecule has 0 saturated carbocycles. The van der Waals surface area contributed by atoms with E-state index in [-0.39, 0.29) is 11.6 Å². The van der Waals surface area contributed by atoms with E-state index in [1.165, 1.54) is 12.1 Å². The van der Waals surface area contributed by atoms with Crippen LogP contribution in [0, 0.1) is 5.82 Å². The van der Waals surface area contributed by atoms with Gasteiger partial charge in [-0.05, 0) is 55.5 Å². The molecule has 1 aliphatic heterocycles. The van der Waals surface area contributed by atoms with Gasteiger partial charge >= 0.3 is 0 Å². The van der Waals surface area contributed by atoms with Gasteiger partial charge in [0.05, 0.1) is 6.54 Å². The summed E-state index contributed by atoms with van der Waals surface area (Å²) < 4.78 is 18.4. The van der Waals surface area contributed by atoms with Gasteiger partial charge in [0.2, 0.25) is 11.7 Å². The molecule has 1 aromatic heterocycles. The fourth-order valence-electron chi connectivity index (χ4n) is 3.30. The Kier molecular flexibility index (Phi) is 5.16. The van der Waals surface area contributed by atoms with Gasteiger partial charge in [0.25, 0.3) is 0 Å². The van der Waals surface area contributed by atoms with Gasteiger partial charge in [-0.25, -0.2) is 4.39 Å². The van der Waals surface area contributed by atoms with Gasteiger partial charge in [-0.15, -0.1) is 0 Å². The molecule has 6 nitrogen and oxygen atoms in total. The first kappa shape index (κ1) is 18.3. The molecule has 0 atom stereocenters. The number of nitrogens with zero attached hydrogens (tertiary/aromatic N) is 4. The highest BCUT2D eigenvalue weighted by Gasteiger charge is 2.20. The fraction of sp³-hybridized carbons (Fsp3) is 0.286. The van der Waals surface area contributed by atoms with Crippen LogP contribution < -0.4 is 4.90 Å². The second-order valence-corrected chi connectivity index (χ2v) is 6.88. The maximum absolute atomic E-state index is 13.0. The predicted octanol–water partition coefficient (Wildman–Crippen LogP) is 3.40. The van der Waals surface area contributed by atoms with E-state index in [9.17, 15) is 9.18 Å². The molecule has 4 rings (SSSR count). The average Bonchev–Trinajstić information content (AvgIpc) is 3.18. The van der Waals surface area contributed by atoms with E-state index >= 15 is 0 Å². The van der Waals surface area contributed by atoms with Crippen LogP contribution in [0.25, 0.3) is 11.4 Å². The fourth-order valence-corrected chi connectivity index (χ4v) is 3.30. The van der Waals surface area contributed by atoms with Crippen LogP contribution in [-0.2, 0) is 6.54 Å². The Morgan fingerprint density at radius 1 is 1.04 bits per heavy atom. The van der Waals surface area contributed by atoms with Crippen molar-refractivity contribution < 1.29 is 13.7 Å². The van der Waals surface area contributed by atoms with Crippen molar-refractivity contribution in [2.24, 2.45) is 0 Å². The van der Waals surface area contributed by atoms with Crippen LogP contribution in [0.4, 0.5) is 10.1 Å². The van der Waals surface area contributed by atoms with Crippen LogP contribution in [0.1, 0.15) is 23.2 Å². The zero-order valence-electron chi connectivity index (χ0n) is 15.6. The maximum Gasteiger partial charge on any atom is 0.241 e. The lowest BCUT2D eigenvalue weighted by Gasteiger charge is -2.35. The summed E-state index contributed by atoms with van der Waals surface area (Å²) in [6.07, 6.45) is 0. The number of halogens is 1. The molecule has 1 aliphatic rings. The Bertz CT molecular complexity index is 945. The molecule has 3 aromatic rings. The van der Waals surface area contributed by atoms with Crippen molar-refractivity contribution in [3.8, 4) is 11.4 Å². The van der Waals surface area contributed by atoms with Crippen molar-refractivity contribution in [2.45, 2.75) is 13.5 Å². The molecular weight excluding hydrogens is 359 g/mol. The van der Waals surface area contributed by atoms with Gasteiger partial charge in [0.15, 0.2) is 5.78 Å². The smallest absolute Gasteiger partial charge is 0.241 e. The number of hydrogen-bond donors (Lipinski definition) is 0. The number of piperazine rings is 1. The van der Waals surface area contributed by atoms with Gasteiger partial charge < -0.3 is 9.42 Å². The first-order chi connectivity index (χ1) is 13.6. The van der Waals surface area contributed by atoms with Gasteiger partial charge in [-0.2, -0.15) is 4.98 Å². The lowest BCUT2D eigenvalue weighted by Crippen LogP contribution is -2.46. The van der Waals surface area contributed by atoms with Gasteiger partial charge in [-0.3, -0.25) is 9.69 Å². The molecule has 7 heteroatoms. The van der Waals surface area contributed by atoms with Crippen molar-refractivity contribution in [3.63, 3.8) is 0 Å². The van der Waals surface area contributed by atoms with Crippen molar-refractivity contribution in [1.29, 1.82) is 0 Å². The number of Topliss-reactive ketones (excluding diaryl/α,β-unsaturated/α-hetero) is 1. The van der Waals surface area contributed by atoms with Gasteiger partial charge in [-0.1, -0.05) is 5.16 Å². The van der Waals surface area contributed by atoms with Gasteiger partial charge in [0.1, 0.15) is 5.82 Å². The number of hydrogen-bond acceptors (Lipinski definition) is 6. The standard InChI is InChI=1S/C21H21FN4O2/c1-15(27)16-4-8-19(9-5-16)26-12-10-25(11-13-26)14-20-23-21(24-28-20)17-2-6-18(22)7-3-17/h2-9H,10-14H2,1H3. The topological polar surface area (TPSA) is 62.5 Å². The molecule has 0 N–H and O–H groups in total. The Labute approximate surface area is 162 Å². The third-order valence-corrected chi connectivity index (χ3v) is 4.94. The van der Waals surface area contributed by atoms with Crippen molar-refractivity contribution in [2.75, 3.05) is 31.1 Å². The third-order valence-electron chi connectivity index (χ3n) is 4.94. The lowest BCUT2D eigenvalue weighted by atomic mass is 10.1. The summed E-state index contributed by atoms with van der Waals surface area (Å²) >= 11 is 0. The Morgan fingerprint density at radius 3 is 2.36 bits per heavy atom. The zero-order chi connectivity index (χ0) is 19.5. The largest absolute Gasteiger partial charge is 0.369 e. The average molecular weight is 380 g/mol. The SMILES string of the molecule is CC(=O)c1ccc(N2CCN(Cc3nc(-c4ccc(F)cc4)no3)CC2)cc1. The molecule has 1 saturated heterocycles. The van der Waals surface area contributed by atoms with Crippen LogP contribution in [0.5, 0.6) is 0 Å². The Morgan fingerprint density at radius 2 is 1.71 bits per heavy atom. The molecule has 0 aliphatic carbocycles. The number of ketones is 1. The highest BCUT2D eigenvalue weighted by atomic mass is 19.1. The Balaban J connectivity index is 1.33. The molecule has 1 fully saturated rings. The quantitative estimate of drug-likeness (QED) is 0.632. The molecule has 144 valence electrons. The van der Waals surface area contributed by atoms with Crippen molar-refractivity contribution in [3.05, 3.63) is 65.8 Å². The highest BCUT2D eigenvalue weighted by molar-refractivity contribution is 5.94. The summed E-state index contributed by atoms with van der Waals surface area (Å²) in [6, 6.07) is 13.8. The molecule has 0 amide bonds. The van der Waals surface area contributed by atoms with Crippen molar-refractivity contribution >= 4 is 11.5 Å². The molecule has 0 spiro atoms. The van der Waals surface area contributed by atoms with Crippen molar-refractivity contribution in [1.82, 2.24) is 15.0 Å². The van der Waals surface area contributed by atoms with Gasteiger partial charge in [0, 0.05) is 43.0 Å². The number of benzene rings is 2. The van der Waals surface area contributed by atoms with Crippen LogP contribution in [0.15, 0.2) is 53.1 Å². The number of anilines is 1. The Hall–Kier alpha value is -3.06. The van der Waals surface area contributed by atoms with E-state index in [1.54, 1.807) is 19.1 Å². The summed E-state index contributed by atoms with van der Waals surface area (Å²) in [4.78, 5) is 20.4. The summed E-state index contributed by atoms with van der Waals surface area (Å²) in [5.41, 5.74) is 2.59. The van der Waals surface area contributed by atoms with E-state index < -0.39 is 0 Å². The first-order valence-electron chi connectivity index (χ1n) is 9.25. The molecule has 0 radical (unpaired) electrons. The monoisotopic (exact) mass is 380 g/mol. The number of carbonyl (C=O) groups is 1. The molecule has 2 heterocycles. The number of aromatic nitrogens is 2. The minimum atomic E-state index is -0.290. The van der Waals surface area contributed by atoms with Crippen LogP contribution >= 0.6 is 0 Å². The van der Waals surface area contributed by atoms with E-state index in [4.69, 9.17) is 4.52 Å². The summed E-state index contributed by atoms with van der Waals surface area (Å²) in [5, 5.41) is 3.99. The number of rotatable bonds is 5. The summed E-state index contributed by atoms with van der Waals surface area (Å²) in [7, 11) is 0. The van der Waals surface area contributed by atoms with Crippen LogP contribution in [0.3, 0.4) is 0 Å². The highest BCUT2D eigenvalue weighted by Crippen LogP contribution is 2.20. The zero-order valence-corrected chi connectivity index (χ0v) is 15.6. The minimum Gasteiger partial charge on any atom is -0.369 e. The molecule has 0 bridgehead atoms.